The number of aromatic nitrogens is 2. The minimum absolute atomic E-state index is 0.163. The third-order valence-electron chi connectivity index (χ3n) is 2.11. The Labute approximate surface area is 88.2 Å². The molecule has 0 fully saturated rings. The van der Waals surface area contributed by atoms with Gasteiger partial charge in [0.15, 0.2) is 0 Å². The molecule has 1 rings (SSSR count). The summed E-state index contributed by atoms with van der Waals surface area (Å²) in [6.45, 7) is 1.61. The largest absolute Gasteiger partial charge is 0.394 e. The maximum Gasteiger partial charge on any atom is 0.135 e. The van der Waals surface area contributed by atoms with Gasteiger partial charge in [-0.2, -0.15) is 0 Å². The third-order valence-corrected chi connectivity index (χ3v) is 2.11. The average Bonchev–Trinajstić information content (AvgIpc) is 2.26. The van der Waals surface area contributed by atoms with Gasteiger partial charge in [-0.3, -0.25) is 0 Å². The van der Waals surface area contributed by atoms with Crippen molar-refractivity contribution in [3.8, 4) is 0 Å². The number of hydrogen-bond donors (Lipinski definition) is 4. The quantitative estimate of drug-likeness (QED) is 0.519. The first-order valence-corrected chi connectivity index (χ1v) is 4.80. The lowest BCUT2D eigenvalue weighted by molar-refractivity contribution is 0.203. The maximum absolute atomic E-state index is 8.92. The molecule has 0 bridgehead atoms. The summed E-state index contributed by atoms with van der Waals surface area (Å²) in [6.07, 6.45) is 2.04. The Balaban J connectivity index is 2.88. The summed E-state index contributed by atoms with van der Waals surface area (Å²) in [4.78, 5) is 7.89. The molecule has 0 spiro atoms. The second-order valence-electron chi connectivity index (χ2n) is 3.15. The van der Waals surface area contributed by atoms with E-state index in [4.69, 9.17) is 15.9 Å². The molecule has 0 amide bonds. The van der Waals surface area contributed by atoms with Gasteiger partial charge in [-0.1, -0.05) is 6.92 Å². The van der Waals surface area contributed by atoms with Gasteiger partial charge in [-0.25, -0.2) is 9.97 Å². The molecule has 0 saturated carbocycles. The van der Waals surface area contributed by atoms with Crippen LogP contribution in [0.1, 0.15) is 12.5 Å². The Morgan fingerprint density at radius 2 is 2.07 bits per heavy atom. The number of rotatable bonds is 5. The van der Waals surface area contributed by atoms with Crippen LogP contribution in [0.3, 0.4) is 0 Å². The molecular weight excluding hydrogens is 196 g/mol. The molecule has 0 aliphatic carbocycles. The van der Waals surface area contributed by atoms with Gasteiger partial charge in [0, 0.05) is 5.56 Å². The molecule has 0 aromatic carbocycles. The number of nitrogen functional groups attached to an aromatic ring is 1. The third kappa shape index (κ3) is 2.77. The first-order valence-electron chi connectivity index (χ1n) is 4.80. The molecule has 0 radical (unpaired) electrons. The van der Waals surface area contributed by atoms with Gasteiger partial charge < -0.3 is 21.3 Å². The maximum atomic E-state index is 8.92. The lowest BCUT2D eigenvalue weighted by Crippen LogP contribution is -2.29. The van der Waals surface area contributed by atoms with Crippen LogP contribution in [0.15, 0.2) is 6.33 Å². The predicted octanol–water partition coefficient (Wildman–Crippen LogP) is -0.614. The topological polar surface area (TPSA) is 104 Å². The van der Waals surface area contributed by atoms with E-state index in [0.29, 0.717) is 18.1 Å². The Hall–Kier alpha value is -1.40. The molecule has 0 unspecified atom stereocenters. The van der Waals surface area contributed by atoms with Crippen LogP contribution in [0.2, 0.25) is 0 Å². The molecule has 1 aromatic heterocycles. The smallest absolute Gasteiger partial charge is 0.135 e. The van der Waals surface area contributed by atoms with Crippen molar-refractivity contribution in [3.63, 3.8) is 0 Å². The summed E-state index contributed by atoms with van der Waals surface area (Å²) in [5.41, 5.74) is 6.47. The van der Waals surface area contributed by atoms with Gasteiger partial charge in [0.05, 0.1) is 19.3 Å². The van der Waals surface area contributed by atoms with Gasteiger partial charge >= 0.3 is 0 Å². The number of aliphatic hydroxyl groups excluding tert-OH is 2. The van der Waals surface area contributed by atoms with Crippen molar-refractivity contribution in [2.75, 3.05) is 24.3 Å². The van der Waals surface area contributed by atoms with E-state index in [1.807, 2.05) is 6.92 Å². The molecule has 0 aliphatic heterocycles. The van der Waals surface area contributed by atoms with E-state index in [2.05, 4.69) is 15.3 Å². The zero-order valence-electron chi connectivity index (χ0n) is 8.64. The van der Waals surface area contributed by atoms with Gasteiger partial charge in [0.1, 0.15) is 18.0 Å². The van der Waals surface area contributed by atoms with Gasteiger partial charge in [-0.15, -0.1) is 0 Å². The highest BCUT2D eigenvalue weighted by Gasteiger charge is 2.11. The SMILES string of the molecule is CCc1c(N)ncnc1NC(CO)CO. The van der Waals surface area contributed by atoms with Crippen LogP contribution in [0, 0.1) is 0 Å². The van der Waals surface area contributed by atoms with Crippen molar-refractivity contribution in [1.29, 1.82) is 0 Å². The van der Waals surface area contributed by atoms with Crippen molar-refractivity contribution in [2.45, 2.75) is 19.4 Å². The number of nitrogens with two attached hydrogens (primary N) is 1. The summed E-state index contributed by atoms with van der Waals surface area (Å²) < 4.78 is 0. The molecule has 0 atom stereocenters. The zero-order chi connectivity index (χ0) is 11.3. The standard InChI is InChI=1S/C9H16N4O2/c1-2-7-8(10)11-5-12-9(7)13-6(3-14)4-15/h5-6,14-15H,2-4H2,1H3,(H3,10,11,12,13). The minimum atomic E-state index is -0.426. The molecule has 15 heavy (non-hydrogen) atoms. The molecule has 1 heterocycles. The van der Waals surface area contributed by atoms with Crippen LogP contribution in [-0.4, -0.2) is 39.4 Å². The van der Waals surface area contributed by atoms with Crippen molar-refractivity contribution >= 4 is 11.6 Å². The van der Waals surface area contributed by atoms with Crippen molar-refractivity contribution in [2.24, 2.45) is 0 Å². The number of hydrogen-bond acceptors (Lipinski definition) is 6. The Morgan fingerprint density at radius 3 is 2.60 bits per heavy atom. The van der Waals surface area contributed by atoms with E-state index >= 15 is 0 Å². The zero-order valence-corrected chi connectivity index (χ0v) is 8.64. The Kier molecular flexibility index (Phi) is 4.26. The highest BCUT2D eigenvalue weighted by molar-refractivity contribution is 5.55. The van der Waals surface area contributed by atoms with Crippen LogP contribution in [0.4, 0.5) is 11.6 Å². The second kappa shape index (κ2) is 5.47. The van der Waals surface area contributed by atoms with Crippen LogP contribution in [0.5, 0.6) is 0 Å². The summed E-state index contributed by atoms with van der Waals surface area (Å²) in [6, 6.07) is -0.426. The first-order chi connectivity index (χ1) is 7.22. The van der Waals surface area contributed by atoms with E-state index in [1.165, 1.54) is 6.33 Å². The van der Waals surface area contributed by atoms with E-state index in [1.54, 1.807) is 0 Å². The van der Waals surface area contributed by atoms with Crippen molar-refractivity contribution in [1.82, 2.24) is 9.97 Å². The highest BCUT2D eigenvalue weighted by atomic mass is 16.3. The van der Waals surface area contributed by atoms with Crippen LogP contribution >= 0.6 is 0 Å². The van der Waals surface area contributed by atoms with Crippen molar-refractivity contribution in [3.05, 3.63) is 11.9 Å². The van der Waals surface area contributed by atoms with Crippen molar-refractivity contribution < 1.29 is 10.2 Å². The number of anilines is 2. The van der Waals surface area contributed by atoms with E-state index in [-0.39, 0.29) is 13.2 Å². The fourth-order valence-electron chi connectivity index (χ4n) is 1.24. The Bertz CT molecular complexity index is 315. The molecule has 84 valence electrons. The molecule has 0 saturated heterocycles. The molecule has 5 N–H and O–H groups in total. The van der Waals surface area contributed by atoms with Crippen LogP contribution in [-0.2, 0) is 6.42 Å². The normalized spacial score (nSPS) is 10.7. The molecular formula is C9H16N4O2. The van der Waals surface area contributed by atoms with Gasteiger partial charge in [-0.05, 0) is 6.42 Å². The summed E-state index contributed by atoms with van der Waals surface area (Å²) in [5, 5.41) is 20.8. The van der Waals surface area contributed by atoms with E-state index in [0.717, 1.165) is 5.56 Å². The lowest BCUT2D eigenvalue weighted by Gasteiger charge is -2.16. The molecule has 0 aliphatic rings. The van der Waals surface area contributed by atoms with Crippen LogP contribution in [0.25, 0.3) is 0 Å². The van der Waals surface area contributed by atoms with E-state index < -0.39 is 6.04 Å². The average molecular weight is 212 g/mol. The lowest BCUT2D eigenvalue weighted by atomic mass is 10.2. The second-order valence-corrected chi connectivity index (χ2v) is 3.15. The highest BCUT2D eigenvalue weighted by Crippen LogP contribution is 2.17. The van der Waals surface area contributed by atoms with Gasteiger partial charge in [0.2, 0.25) is 0 Å². The minimum Gasteiger partial charge on any atom is -0.394 e. The molecule has 1 aromatic rings. The van der Waals surface area contributed by atoms with Crippen LogP contribution < -0.4 is 11.1 Å². The Morgan fingerprint density at radius 1 is 1.40 bits per heavy atom. The predicted molar refractivity (Wildman–Crippen MR) is 57.4 cm³/mol. The van der Waals surface area contributed by atoms with E-state index in [9.17, 15) is 0 Å². The first kappa shape index (κ1) is 11.7. The van der Waals surface area contributed by atoms with Gasteiger partial charge in [0.25, 0.3) is 0 Å². The monoisotopic (exact) mass is 212 g/mol. The molecule has 6 heteroatoms. The summed E-state index contributed by atoms with van der Waals surface area (Å²) >= 11 is 0. The fraction of sp³-hybridized carbons (Fsp3) is 0.556. The summed E-state index contributed by atoms with van der Waals surface area (Å²) in [5.74, 6) is 0.989. The number of nitrogens with one attached hydrogen (secondary N) is 1. The summed E-state index contributed by atoms with van der Waals surface area (Å²) in [7, 11) is 0. The molecule has 6 nitrogen and oxygen atoms in total. The number of nitrogens with zero attached hydrogens (tertiary/aromatic N) is 2. The number of aliphatic hydroxyl groups is 2. The fourth-order valence-corrected chi connectivity index (χ4v) is 1.24.